The molecule has 0 fully saturated rings. The lowest BCUT2D eigenvalue weighted by Crippen LogP contribution is -2.48. The number of methoxy groups -OCH3 is 2. The third-order valence-electron chi connectivity index (χ3n) is 1.92. The Morgan fingerprint density at radius 3 is 2.09 bits per heavy atom. The largest absolute Gasteiger partial charge is 0.341 e. The molecule has 0 aliphatic carbocycles. The van der Waals surface area contributed by atoms with Gasteiger partial charge in [0.2, 0.25) is 5.91 Å². The van der Waals surface area contributed by atoms with E-state index in [0.29, 0.717) is 6.54 Å². The van der Waals surface area contributed by atoms with E-state index in [1.54, 1.807) is 14.2 Å². The minimum absolute atomic E-state index is 0.596. The van der Waals surface area contributed by atoms with E-state index in [2.05, 4.69) is 0 Å². The van der Waals surface area contributed by atoms with E-state index in [1.807, 2.05) is 18.9 Å². The highest BCUT2D eigenvalue weighted by molar-refractivity contribution is 4.61. The van der Waals surface area contributed by atoms with Gasteiger partial charge in [-0.15, -0.1) is 0 Å². The molecule has 0 amide bonds. The molecule has 0 radical (unpaired) electrons. The number of hydrogen-bond acceptors (Lipinski definition) is 4. The molecule has 0 spiro atoms. The second-order valence-electron chi connectivity index (χ2n) is 2.52. The average Bonchev–Trinajstić information content (AvgIpc) is 2.03. The van der Waals surface area contributed by atoms with Crippen LogP contribution in [0.3, 0.4) is 0 Å². The van der Waals surface area contributed by atoms with Gasteiger partial charge in [0.25, 0.3) is 0 Å². The molecule has 4 nitrogen and oxygen atoms in total. The van der Waals surface area contributed by atoms with Crippen molar-refractivity contribution in [2.45, 2.75) is 12.8 Å². The zero-order chi connectivity index (χ0) is 8.91. The van der Waals surface area contributed by atoms with Crippen LogP contribution in [0.4, 0.5) is 0 Å². The summed E-state index contributed by atoms with van der Waals surface area (Å²) in [5.41, 5.74) is 5.38. The Kier molecular flexibility index (Phi) is 4.60. The number of rotatable bonds is 5. The van der Waals surface area contributed by atoms with Crippen molar-refractivity contribution in [2.24, 2.45) is 5.73 Å². The topological polar surface area (TPSA) is 47.7 Å². The molecule has 0 atom stereocenters. The van der Waals surface area contributed by atoms with E-state index >= 15 is 0 Å². The van der Waals surface area contributed by atoms with Gasteiger partial charge in [-0.25, -0.2) is 0 Å². The molecule has 0 unspecified atom stereocenters. The smallest absolute Gasteiger partial charge is 0.226 e. The summed E-state index contributed by atoms with van der Waals surface area (Å²) >= 11 is 0. The maximum atomic E-state index is 5.38. The Balaban J connectivity index is 4.00. The first-order valence-corrected chi connectivity index (χ1v) is 3.62. The normalized spacial score (nSPS) is 12.5. The fraction of sp³-hybridized carbons (Fsp3) is 1.00. The van der Waals surface area contributed by atoms with Gasteiger partial charge in [0.05, 0.1) is 0 Å². The minimum atomic E-state index is -0.653. The standard InChI is InChI=1S/C7H18N2O2/c1-7(10-3,11-4)9(2)6-5-8/h5-6,8H2,1-4H3. The Labute approximate surface area is 68.3 Å². The van der Waals surface area contributed by atoms with Crippen LogP contribution >= 0.6 is 0 Å². The third kappa shape index (κ3) is 2.75. The van der Waals surface area contributed by atoms with Gasteiger partial charge in [-0.1, -0.05) is 0 Å². The average molecular weight is 162 g/mol. The Morgan fingerprint density at radius 2 is 1.82 bits per heavy atom. The summed E-state index contributed by atoms with van der Waals surface area (Å²) in [6, 6.07) is 0. The predicted molar refractivity (Wildman–Crippen MR) is 44.1 cm³/mol. The first-order chi connectivity index (χ1) is 5.10. The molecular weight excluding hydrogens is 144 g/mol. The maximum absolute atomic E-state index is 5.38. The molecule has 2 N–H and O–H groups in total. The van der Waals surface area contributed by atoms with Crippen molar-refractivity contribution < 1.29 is 9.47 Å². The van der Waals surface area contributed by atoms with Crippen LogP contribution in [0.15, 0.2) is 0 Å². The molecule has 11 heavy (non-hydrogen) atoms. The highest BCUT2D eigenvalue weighted by atomic mass is 16.7. The Hall–Kier alpha value is -0.160. The van der Waals surface area contributed by atoms with Crippen LogP contribution < -0.4 is 5.73 Å². The third-order valence-corrected chi connectivity index (χ3v) is 1.92. The van der Waals surface area contributed by atoms with Gasteiger partial charge in [0.15, 0.2) is 0 Å². The summed E-state index contributed by atoms with van der Waals surface area (Å²) in [6.45, 7) is 3.19. The first kappa shape index (κ1) is 10.8. The first-order valence-electron chi connectivity index (χ1n) is 3.62. The van der Waals surface area contributed by atoms with Gasteiger partial charge in [-0.2, -0.15) is 0 Å². The summed E-state index contributed by atoms with van der Waals surface area (Å²) in [5.74, 6) is -0.653. The molecule has 0 aromatic rings. The monoisotopic (exact) mass is 162 g/mol. The predicted octanol–water partition coefficient (Wildman–Crippen LogP) is -0.157. The zero-order valence-electron chi connectivity index (χ0n) is 7.76. The van der Waals surface area contributed by atoms with Crippen LogP contribution in [0.2, 0.25) is 0 Å². The summed E-state index contributed by atoms with van der Waals surface area (Å²) in [6.07, 6.45) is 0. The van der Waals surface area contributed by atoms with E-state index in [9.17, 15) is 0 Å². The van der Waals surface area contributed by atoms with Gasteiger partial charge in [-0.3, -0.25) is 4.90 Å². The quantitative estimate of drug-likeness (QED) is 0.571. The zero-order valence-corrected chi connectivity index (χ0v) is 7.76. The summed E-state index contributed by atoms with van der Waals surface area (Å²) < 4.78 is 10.3. The van der Waals surface area contributed by atoms with Crippen LogP contribution in [0.5, 0.6) is 0 Å². The van der Waals surface area contributed by atoms with Crippen molar-refractivity contribution in [1.82, 2.24) is 4.90 Å². The van der Waals surface area contributed by atoms with Crippen molar-refractivity contribution >= 4 is 0 Å². The fourth-order valence-electron chi connectivity index (χ4n) is 0.792. The van der Waals surface area contributed by atoms with Gasteiger partial charge < -0.3 is 15.2 Å². The Morgan fingerprint density at radius 1 is 1.36 bits per heavy atom. The van der Waals surface area contributed by atoms with Gasteiger partial charge in [0.1, 0.15) is 0 Å². The summed E-state index contributed by atoms with van der Waals surface area (Å²) in [7, 11) is 5.12. The molecular formula is C7H18N2O2. The van der Waals surface area contributed by atoms with Gasteiger partial charge in [-0.05, 0) is 7.05 Å². The molecule has 0 aromatic heterocycles. The highest BCUT2D eigenvalue weighted by Crippen LogP contribution is 2.13. The molecule has 0 saturated heterocycles. The summed E-state index contributed by atoms with van der Waals surface area (Å²) in [5, 5.41) is 0. The molecule has 0 aromatic carbocycles. The van der Waals surface area contributed by atoms with Crippen LogP contribution in [0, 0.1) is 0 Å². The van der Waals surface area contributed by atoms with Crippen molar-refractivity contribution in [1.29, 1.82) is 0 Å². The lowest BCUT2D eigenvalue weighted by Gasteiger charge is -2.35. The number of nitrogens with zero attached hydrogens (tertiary/aromatic N) is 1. The van der Waals surface area contributed by atoms with Crippen molar-refractivity contribution in [3.63, 3.8) is 0 Å². The lowest BCUT2D eigenvalue weighted by molar-refractivity contribution is -0.276. The number of likely N-dealkylation sites (N-methyl/N-ethyl adjacent to an activating group) is 1. The molecule has 0 bridgehead atoms. The minimum Gasteiger partial charge on any atom is -0.341 e. The van der Waals surface area contributed by atoms with Crippen LogP contribution in [-0.4, -0.2) is 45.2 Å². The molecule has 0 aliphatic rings. The van der Waals surface area contributed by atoms with Crippen LogP contribution in [0.1, 0.15) is 6.92 Å². The van der Waals surface area contributed by atoms with Crippen molar-refractivity contribution in [3.8, 4) is 0 Å². The molecule has 0 saturated carbocycles. The fourth-order valence-corrected chi connectivity index (χ4v) is 0.792. The molecule has 0 heterocycles. The SMILES string of the molecule is COC(C)(OC)N(C)CCN. The summed E-state index contributed by atoms with van der Waals surface area (Å²) in [4.78, 5) is 1.91. The van der Waals surface area contributed by atoms with Gasteiger partial charge >= 0.3 is 0 Å². The second kappa shape index (κ2) is 4.66. The van der Waals surface area contributed by atoms with Gasteiger partial charge in [0, 0.05) is 34.2 Å². The Bertz CT molecular complexity index is 105. The highest BCUT2D eigenvalue weighted by Gasteiger charge is 2.27. The number of nitrogens with two attached hydrogens (primary N) is 1. The van der Waals surface area contributed by atoms with E-state index in [0.717, 1.165) is 6.54 Å². The number of ether oxygens (including phenoxy) is 2. The van der Waals surface area contributed by atoms with E-state index in [1.165, 1.54) is 0 Å². The van der Waals surface area contributed by atoms with E-state index in [4.69, 9.17) is 15.2 Å². The maximum Gasteiger partial charge on any atom is 0.226 e. The second-order valence-corrected chi connectivity index (χ2v) is 2.52. The molecule has 68 valence electrons. The molecule has 0 rings (SSSR count). The number of hydrogen-bond donors (Lipinski definition) is 1. The molecule has 4 heteroatoms. The van der Waals surface area contributed by atoms with E-state index < -0.39 is 5.91 Å². The van der Waals surface area contributed by atoms with Crippen molar-refractivity contribution in [2.75, 3.05) is 34.4 Å². The lowest BCUT2D eigenvalue weighted by atomic mass is 10.4. The molecule has 0 aliphatic heterocycles. The van der Waals surface area contributed by atoms with Crippen LogP contribution in [0.25, 0.3) is 0 Å². The van der Waals surface area contributed by atoms with Crippen molar-refractivity contribution in [3.05, 3.63) is 0 Å². The van der Waals surface area contributed by atoms with E-state index in [-0.39, 0.29) is 0 Å². The van der Waals surface area contributed by atoms with Crippen LogP contribution in [-0.2, 0) is 9.47 Å².